The van der Waals surface area contributed by atoms with E-state index in [9.17, 15) is 8.78 Å². The molecule has 0 atom stereocenters. The molecule has 3 N–H and O–H groups in total. The first kappa shape index (κ1) is 9.51. The Morgan fingerprint density at radius 1 is 1.27 bits per heavy atom. The summed E-state index contributed by atoms with van der Waals surface area (Å²) in [6.07, 6.45) is 0. The summed E-state index contributed by atoms with van der Waals surface area (Å²) < 4.78 is 26.1. The number of rotatable bonds is 1. The van der Waals surface area contributed by atoms with Gasteiger partial charge in [0, 0.05) is 11.5 Å². The lowest BCUT2D eigenvalue weighted by molar-refractivity contribution is 0.590. The minimum atomic E-state index is -0.756. The monoisotopic (exact) mass is 207 g/mol. The Labute approximate surface area is 84.1 Å². The van der Waals surface area contributed by atoms with Crippen LogP contribution in [0, 0.1) is 17.0 Å². The zero-order valence-electron chi connectivity index (χ0n) is 7.59. The standard InChI is InChI=1S/C10H7F2N3/c11-6-3-5-1-2-8(10(13)14)15-9(5)7(12)4-6/h1-4H,(H3,13,14). The van der Waals surface area contributed by atoms with Gasteiger partial charge in [-0.05, 0) is 12.1 Å². The van der Waals surface area contributed by atoms with Gasteiger partial charge in [-0.3, -0.25) is 5.41 Å². The van der Waals surface area contributed by atoms with E-state index in [-0.39, 0.29) is 17.0 Å². The number of hydrogen-bond donors (Lipinski definition) is 2. The van der Waals surface area contributed by atoms with E-state index < -0.39 is 11.6 Å². The number of pyridine rings is 1. The third kappa shape index (κ3) is 1.63. The highest BCUT2D eigenvalue weighted by Gasteiger charge is 2.07. The molecule has 1 heterocycles. The number of nitrogens with zero attached hydrogens (tertiary/aromatic N) is 1. The van der Waals surface area contributed by atoms with Crippen molar-refractivity contribution in [2.75, 3.05) is 0 Å². The molecule has 0 saturated heterocycles. The molecule has 15 heavy (non-hydrogen) atoms. The van der Waals surface area contributed by atoms with Crippen LogP contribution in [0.2, 0.25) is 0 Å². The molecule has 5 heteroatoms. The van der Waals surface area contributed by atoms with E-state index in [4.69, 9.17) is 11.1 Å². The molecule has 0 radical (unpaired) electrons. The Morgan fingerprint density at radius 2 is 2.00 bits per heavy atom. The first-order chi connectivity index (χ1) is 7.08. The fraction of sp³-hybridized carbons (Fsp3) is 0. The first-order valence-electron chi connectivity index (χ1n) is 4.18. The van der Waals surface area contributed by atoms with Crippen molar-refractivity contribution >= 4 is 16.7 Å². The summed E-state index contributed by atoms with van der Waals surface area (Å²) in [5.41, 5.74) is 5.40. The van der Waals surface area contributed by atoms with Crippen molar-refractivity contribution < 1.29 is 8.78 Å². The number of nitrogen functional groups attached to an aromatic ring is 1. The lowest BCUT2D eigenvalue weighted by atomic mass is 10.2. The molecule has 76 valence electrons. The predicted octanol–water partition coefficient (Wildman–Crippen LogP) is 1.80. The number of benzene rings is 1. The van der Waals surface area contributed by atoms with E-state index in [1.165, 1.54) is 18.2 Å². The maximum absolute atomic E-state index is 13.3. The second-order valence-corrected chi connectivity index (χ2v) is 3.07. The van der Waals surface area contributed by atoms with Crippen molar-refractivity contribution in [3.63, 3.8) is 0 Å². The molecule has 2 aromatic rings. The van der Waals surface area contributed by atoms with Crippen LogP contribution in [0.1, 0.15) is 5.69 Å². The highest BCUT2D eigenvalue weighted by atomic mass is 19.1. The van der Waals surface area contributed by atoms with Crippen LogP contribution in [0.3, 0.4) is 0 Å². The van der Waals surface area contributed by atoms with Crippen LogP contribution in [0.15, 0.2) is 24.3 Å². The molecule has 1 aromatic heterocycles. The van der Waals surface area contributed by atoms with Gasteiger partial charge in [-0.25, -0.2) is 13.8 Å². The average Bonchev–Trinajstić information content (AvgIpc) is 2.16. The average molecular weight is 207 g/mol. The highest BCUT2D eigenvalue weighted by molar-refractivity contribution is 5.95. The van der Waals surface area contributed by atoms with Gasteiger partial charge in [-0.1, -0.05) is 6.07 Å². The van der Waals surface area contributed by atoms with Crippen molar-refractivity contribution in [3.05, 3.63) is 41.6 Å². The van der Waals surface area contributed by atoms with Crippen molar-refractivity contribution in [1.82, 2.24) is 4.98 Å². The fourth-order valence-corrected chi connectivity index (χ4v) is 1.31. The molecule has 1 aromatic carbocycles. The van der Waals surface area contributed by atoms with Crippen LogP contribution < -0.4 is 5.73 Å². The van der Waals surface area contributed by atoms with E-state index in [0.29, 0.717) is 5.39 Å². The van der Waals surface area contributed by atoms with Crippen molar-refractivity contribution in [2.24, 2.45) is 5.73 Å². The predicted molar refractivity (Wildman–Crippen MR) is 52.7 cm³/mol. The van der Waals surface area contributed by atoms with Crippen molar-refractivity contribution in [1.29, 1.82) is 5.41 Å². The quantitative estimate of drug-likeness (QED) is 0.553. The molecular formula is C10H7F2N3. The number of amidine groups is 1. The Bertz CT molecular complexity index is 552. The first-order valence-corrected chi connectivity index (χ1v) is 4.18. The molecule has 0 saturated carbocycles. The number of nitrogens with one attached hydrogen (secondary N) is 1. The Balaban J connectivity index is 2.76. The summed E-state index contributed by atoms with van der Waals surface area (Å²) in [5, 5.41) is 7.49. The zero-order chi connectivity index (χ0) is 11.0. The number of halogens is 2. The van der Waals surface area contributed by atoms with Gasteiger partial charge in [-0.15, -0.1) is 0 Å². The van der Waals surface area contributed by atoms with Crippen LogP contribution >= 0.6 is 0 Å². The largest absolute Gasteiger partial charge is 0.382 e. The van der Waals surface area contributed by atoms with E-state index in [1.54, 1.807) is 0 Å². The molecule has 0 aliphatic rings. The van der Waals surface area contributed by atoms with Gasteiger partial charge in [0.2, 0.25) is 0 Å². The van der Waals surface area contributed by atoms with Gasteiger partial charge in [0.05, 0.1) is 0 Å². The molecule has 0 aliphatic carbocycles. The summed E-state index contributed by atoms with van der Waals surface area (Å²) >= 11 is 0. The lowest BCUT2D eigenvalue weighted by Crippen LogP contribution is -2.13. The molecule has 0 aliphatic heterocycles. The fourth-order valence-electron chi connectivity index (χ4n) is 1.31. The Morgan fingerprint density at radius 3 is 2.67 bits per heavy atom. The summed E-state index contributed by atoms with van der Waals surface area (Å²) in [7, 11) is 0. The van der Waals surface area contributed by atoms with Crippen molar-refractivity contribution in [2.45, 2.75) is 0 Å². The van der Waals surface area contributed by atoms with E-state index in [1.807, 2.05) is 0 Å². The number of aromatic nitrogens is 1. The third-order valence-corrected chi connectivity index (χ3v) is 1.99. The van der Waals surface area contributed by atoms with Crippen LogP contribution in [0.5, 0.6) is 0 Å². The molecule has 0 unspecified atom stereocenters. The second kappa shape index (κ2) is 3.27. The summed E-state index contributed by atoms with van der Waals surface area (Å²) in [5.74, 6) is -1.66. The minimum Gasteiger partial charge on any atom is -0.382 e. The maximum atomic E-state index is 13.3. The van der Waals surface area contributed by atoms with Gasteiger partial charge >= 0.3 is 0 Å². The van der Waals surface area contributed by atoms with Gasteiger partial charge < -0.3 is 5.73 Å². The minimum absolute atomic E-state index is 0.0177. The second-order valence-electron chi connectivity index (χ2n) is 3.07. The number of hydrogen-bond acceptors (Lipinski definition) is 2. The van der Waals surface area contributed by atoms with E-state index in [2.05, 4.69) is 4.98 Å². The molecular weight excluding hydrogens is 200 g/mol. The van der Waals surface area contributed by atoms with Crippen LogP contribution in [-0.4, -0.2) is 10.8 Å². The Hall–Kier alpha value is -2.04. The SMILES string of the molecule is N=C(N)c1ccc2cc(F)cc(F)c2n1. The smallest absolute Gasteiger partial charge is 0.152 e. The van der Waals surface area contributed by atoms with Crippen LogP contribution in [0.4, 0.5) is 8.78 Å². The summed E-state index contributed by atoms with van der Waals surface area (Å²) in [6, 6.07) is 4.85. The Kier molecular flexibility index (Phi) is 2.07. The van der Waals surface area contributed by atoms with Crippen molar-refractivity contribution in [3.8, 4) is 0 Å². The van der Waals surface area contributed by atoms with Gasteiger partial charge in [0.15, 0.2) is 5.82 Å². The van der Waals surface area contributed by atoms with Gasteiger partial charge in [-0.2, -0.15) is 0 Å². The topological polar surface area (TPSA) is 62.8 Å². The molecule has 0 amide bonds. The summed E-state index contributed by atoms with van der Waals surface area (Å²) in [6.45, 7) is 0. The van der Waals surface area contributed by atoms with Crippen LogP contribution in [0.25, 0.3) is 10.9 Å². The highest BCUT2D eigenvalue weighted by Crippen LogP contribution is 2.17. The lowest BCUT2D eigenvalue weighted by Gasteiger charge is -2.02. The normalized spacial score (nSPS) is 10.5. The summed E-state index contributed by atoms with van der Waals surface area (Å²) in [4.78, 5) is 3.82. The molecule has 0 bridgehead atoms. The van der Waals surface area contributed by atoms with Gasteiger partial charge in [0.1, 0.15) is 22.9 Å². The van der Waals surface area contributed by atoms with Gasteiger partial charge in [0.25, 0.3) is 0 Å². The molecule has 0 fully saturated rings. The van der Waals surface area contributed by atoms with Crippen LogP contribution in [-0.2, 0) is 0 Å². The maximum Gasteiger partial charge on any atom is 0.152 e. The molecule has 3 nitrogen and oxygen atoms in total. The number of fused-ring (bicyclic) bond motifs is 1. The van der Waals surface area contributed by atoms with E-state index in [0.717, 1.165) is 6.07 Å². The molecule has 0 spiro atoms. The third-order valence-electron chi connectivity index (χ3n) is 1.99. The van der Waals surface area contributed by atoms with E-state index >= 15 is 0 Å². The molecule has 2 rings (SSSR count). The number of nitrogens with two attached hydrogens (primary N) is 1. The zero-order valence-corrected chi connectivity index (χ0v) is 7.59.